The lowest BCUT2D eigenvalue weighted by Gasteiger charge is -2.24. The number of hydrogen-bond acceptors (Lipinski definition) is 2. The third-order valence-electron chi connectivity index (χ3n) is 5.14. The van der Waals surface area contributed by atoms with Gasteiger partial charge in [-0.25, -0.2) is 0 Å². The fourth-order valence-corrected chi connectivity index (χ4v) is 3.69. The van der Waals surface area contributed by atoms with Gasteiger partial charge in [0.05, 0.1) is 5.41 Å². The molecular weight excluding hydrogens is 254 g/mol. The van der Waals surface area contributed by atoms with Gasteiger partial charge in [-0.3, -0.25) is 9.59 Å². The second kappa shape index (κ2) is 7.09. The van der Waals surface area contributed by atoms with E-state index < -0.39 is 11.4 Å². The second-order valence-electron chi connectivity index (χ2n) is 6.61. The summed E-state index contributed by atoms with van der Waals surface area (Å²) >= 11 is 0. The van der Waals surface area contributed by atoms with Gasteiger partial charge < -0.3 is 10.4 Å². The van der Waals surface area contributed by atoms with E-state index in [0.29, 0.717) is 31.7 Å². The topological polar surface area (TPSA) is 66.4 Å². The zero-order valence-electron chi connectivity index (χ0n) is 12.3. The zero-order chi connectivity index (χ0) is 14.4. The summed E-state index contributed by atoms with van der Waals surface area (Å²) in [6.45, 7) is 0.311. The number of rotatable bonds is 6. The molecule has 0 aromatic rings. The first kappa shape index (κ1) is 15.3. The Bertz CT molecular complexity index is 342. The monoisotopic (exact) mass is 281 g/mol. The number of carboxylic acids is 1. The number of aliphatic carboxylic acids is 1. The standard InChI is InChI=1S/C16H27NO3/c18-14(9-8-13-6-2-1-3-7-13)17-12-16(15(19)20)10-4-5-11-16/h13H,1-12H2,(H,17,18)(H,19,20). The van der Waals surface area contributed by atoms with Crippen molar-refractivity contribution in [2.75, 3.05) is 6.54 Å². The third-order valence-corrected chi connectivity index (χ3v) is 5.14. The van der Waals surface area contributed by atoms with Crippen LogP contribution in [0.1, 0.15) is 70.6 Å². The largest absolute Gasteiger partial charge is 0.481 e. The van der Waals surface area contributed by atoms with Crippen LogP contribution in [0.25, 0.3) is 0 Å². The van der Waals surface area contributed by atoms with Crippen LogP contribution >= 0.6 is 0 Å². The van der Waals surface area contributed by atoms with Gasteiger partial charge in [0, 0.05) is 13.0 Å². The molecule has 2 rings (SSSR count). The molecule has 2 saturated carbocycles. The van der Waals surface area contributed by atoms with Crippen LogP contribution < -0.4 is 5.32 Å². The van der Waals surface area contributed by atoms with Crippen molar-refractivity contribution in [3.8, 4) is 0 Å². The maximum absolute atomic E-state index is 11.9. The average molecular weight is 281 g/mol. The highest BCUT2D eigenvalue weighted by Crippen LogP contribution is 2.37. The predicted octanol–water partition coefficient (Wildman–Crippen LogP) is 3.11. The van der Waals surface area contributed by atoms with Crippen molar-refractivity contribution in [3.05, 3.63) is 0 Å². The molecule has 20 heavy (non-hydrogen) atoms. The van der Waals surface area contributed by atoms with Crippen molar-refractivity contribution in [1.82, 2.24) is 5.32 Å². The number of carbonyl (C=O) groups excluding carboxylic acids is 1. The molecule has 4 nitrogen and oxygen atoms in total. The molecule has 114 valence electrons. The van der Waals surface area contributed by atoms with E-state index in [2.05, 4.69) is 5.32 Å². The van der Waals surface area contributed by atoms with Gasteiger partial charge in [0.2, 0.25) is 5.91 Å². The molecular formula is C16H27NO3. The summed E-state index contributed by atoms with van der Waals surface area (Å²) in [7, 11) is 0. The predicted molar refractivity (Wildman–Crippen MR) is 77.4 cm³/mol. The summed E-state index contributed by atoms with van der Waals surface area (Å²) in [6.07, 6.45) is 11.3. The molecule has 0 saturated heterocycles. The molecule has 2 fully saturated rings. The SMILES string of the molecule is O=C(CCC1CCCCC1)NCC1(C(=O)O)CCCC1. The Morgan fingerprint density at radius 3 is 2.30 bits per heavy atom. The molecule has 0 unspecified atom stereocenters. The summed E-state index contributed by atoms with van der Waals surface area (Å²) in [5, 5.41) is 12.2. The summed E-state index contributed by atoms with van der Waals surface area (Å²) in [5.41, 5.74) is -0.694. The normalized spacial score (nSPS) is 22.6. The summed E-state index contributed by atoms with van der Waals surface area (Å²) in [6, 6.07) is 0. The Balaban J connectivity index is 1.70. The van der Waals surface area contributed by atoms with Gasteiger partial charge >= 0.3 is 5.97 Å². The summed E-state index contributed by atoms with van der Waals surface area (Å²) in [4.78, 5) is 23.3. The number of carboxylic acid groups (broad SMARTS) is 1. The van der Waals surface area contributed by atoms with Gasteiger partial charge in [0.25, 0.3) is 0 Å². The Morgan fingerprint density at radius 1 is 1.05 bits per heavy atom. The quantitative estimate of drug-likeness (QED) is 0.786. The Morgan fingerprint density at radius 2 is 1.70 bits per heavy atom. The van der Waals surface area contributed by atoms with Crippen molar-refractivity contribution >= 4 is 11.9 Å². The van der Waals surface area contributed by atoms with E-state index >= 15 is 0 Å². The van der Waals surface area contributed by atoms with Gasteiger partial charge in [-0.2, -0.15) is 0 Å². The molecule has 2 aliphatic carbocycles. The number of carbonyl (C=O) groups is 2. The number of amides is 1. The lowest BCUT2D eigenvalue weighted by Crippen LogP contribution is -2.41. The van der Waals surface area contributed by atoms with Crippen molar-refractivity contribution in [2.24, 2.45) is 11.3 Å². The molecule has 0 spiro atoms. The first-order chi connectivity index (χ1) is 9.62. The number of hydrogen-bond donors (Lipinski definition) is 2. The molecule has 2 aliphatic rings. The van der Waals surface area contributed by atoms with E-state index in [0.717, 1.165) is 19.3 Å². The molecule has 0 bridgehead atoms. The second-order valence-corrected chi connectivity index (χ2v) is 6.61. The minimum atomic E-state index is -0.748. The minimum Gasteiger partial charge on any atom is -0.481 e. The first-order valence-corrected chi connectivity index (χ1v) is 8.12. The van der Waals surface area contributed by atoms with Crippen LogP contribution in [0.3, 0.4) is 0 Å². The van der Waals surface area contributed by atoms with Crippen molar-refractivity contribution in [1.29, 1.82) is 0 Å². The zero-order valence-corrected chi connectivity index (χ0v) is 12.3. The fourth-order valence-electron chi connectivity index (χ4n) is 3.69. The highest BCUT2D eigenvalue weighted by atomic mass is 16.4. The molecule has 0 aromatic carbocycles. The maximum Gasteiger partial charge on any atom is 0.311 e. The fraction of sp³-hybridized carbons (Fsp3) is 0.875. The highest BCUT2D eigenvalue weighted by molar-refractivity contribution is 5.79. The smallest absolute Gasteiger partial charge is 0.311 e. The Kier molecular flexibility index (Phi) is 5.44. The van der Waals surface area contributed by atoms with Crippen LogP contribution in [-0.4, -0.2) is 23.5 Å². The van der Waals surface area contributed by atoms with Crippen LogP contribution in [0.4, 0.5) is 0 Å². The molecule has 1 amide bonds. The summed E-state index contributed by atoms with van der Waals surface area (Å²) in [5.74, 6) is -0.0138. The van der Waals surface area contributed by atoms with E-state index in [-0.39, 0.29) is 5.91 Å². The van der Waals surface area contributed by atoms with Gasteiger partial charge in [-0.05, 0) is 25.2 Å². The van der Waals surface area contributed by atoms with Crippen LogP contribution in [0.15, 0.2) is 0 Å². The molecule has 0 aliphatic heterocycles. The van der Waals surface area contributed by atoms with Crippen molar-refractivity contribution < 1.29 is 14.7 Å². The minimum absolute atomic E-state index is 0.0306. The van der Waals surface area contributed by atoms with Gasteiger partial charge in [0.1, 0.15) is 0 Å². The van der Waals surface area contributed by atoms with Crippen molar-refractivity contribution in [3.63, 3.8) is 0 Å². The van der Waals surface area contributed by atoms with Gasteiger partial charge in [-0.1, -0.05) is 44.9 Å². The Labute approximate surface area is 121 Å². The maximum atomic E-state index is 11.9. The van der Waals surface area contributed by atoms with Crippen LogP contribution in [0.2, 0.25) is 0 Å². The lowest BCUT2D eigenvalue weighted by molar-refractivity contribution is -0.148. The third kappa shape index (κ3) is 3.97. The molecule has 0 radical (unpaired) electrons. The molecule has 2 N–H and O–H groups in total. The Hall–Kier alpha value is -1.06. The summed E-state index contributed by atoms with van der Waals surface area (Å²) < 4.78 is 0. The average Bonchev–Trinajstić information content (AvgIpc) is 2.94. The van der Waals surface area contributed by atoms with Gasteiger partial charge in [0.15, 0.2) is 0 Å². The van der Waals surface area contributed by atoms with E-state index in [4.69, 9.17) is 0 Å². The van der Waals surface area contributed by atoms with Crippen molar-refractivity contribution in [2.45, 2.75) is 70.6 Å². The first-order valence-electron chi connectivity index (χ1n) is 8.12. The van der Waals surface area contributed by atoms with Crippen LogP contribution in [0.5, 0.6) is 0 Å². The van der Waals surface area contributed by atoms with E-state index in [1.54, 1.807) is 0 Å². The van der Waals surface area contributed by atoms with Crippen LogP contribution in [-0.2, 0) is 9.59 Å². The van der Waals surface area contributed by atoms with E-state index in [9.17, 15) is 14.7 Å². The highest BCUT2D eigenvalue weighted by Gasteiger charge is 2.41. The molecule has 0 aromatic heterocycles. The van der Waals surface area contributed by atoms with Gasteiger partial charge in [-0.15, -0.1) is 0 Å². The lowest BCUT2D eigenvalue weighted by atomic mass is 9.85. The van der Waals surface area contributed by atoms with Crippen LogP contribution in [0, 0.1) is 11.3 Å². The number of nitrogens with one attached hydrogen (secondary N) is 1. The molecule has 0 heterocycles. The van der Waals surface area contributed by atoms with E-state index in [1.165, 1.54) is 32.1 Å². The molecule has 4 heteroatoms. The van der Waals surface area contributed by atoms with E-state index in [1.807, 2.05) is 0 Å². The molecule has 0 atom stereocenters.